The molecule has 1 aromatic heterocycles. The summed E-state index contributed by atoms with van der Waals surface area (Å²) in [5.41, 5.74) is -0.295. The summed E-state index contributed by atoms with van der Waals surface area (Å²) in [6.07, 6.45) is 6.27. The summed E-state index contributed by atoms with van der Waals surface area (Å²) in [6, 6.07) is 0.356. The molecule has 1 saturated carbocycles. The number of ether oxygens (including phenoxy) is 1. The maximum atomic E-state index is 5.96. The molecule has 0 spiro atoms. The number of hydrogen-bond acceptors (Lipinski definition) is 5. The Hall–Kier alpha value is -0.940. The first-order valence-corrected chi connectivity index (χ1v) is 7.90. The number of rotatable bonds is 8. The molecule has 1 atom stereocenters. The van der Waals surface area contributed by atoms with E-state index in [4.69, 9.17) is 9.26 Å². The largest absolute Gasteiger partial charge is 0.367 e. The molecule has 1 aromatic rings. The van der Waals surface area contributed by atoms with Crippen molar-refractivity contribution < 1.29 is 9.26 Å². The summed E-state index contributed by atoms with van der Waals surface area (Å²) in [7, 11) is 0. The summed E-state index contributed by atoms with van der Waals surface area (Å²) < 4.78 is 11.4. The van der Waals surface area contributed by atoms with Crippen molar-refractivity contribution in [2.24, 2.45) is 0 Å². The van der Waals surface area contributed by atoms with Crippen LogP contribution in [0.1, 0.15) is 64.6 Å². The SMILES string of the molecule is CCCNC(C)Cc1nc(C2(OCC)CCCC2)no1. The van der Waals surface area contributed by atoms with Crippen LogP contribution in [-0.2, 0) is 16.8 Å². The van der Waals surface area contributed by atoms with Gasteiger partial charge in [0, 0.05) is 19.1 Å². The third-order valence-electron chi connectivity index (χ3n) is 3.93. The quantitative estimate of drug-likeness (QED) is 0.794. The summed E-state index contributed by atoms with van der Waals surface area (Å²) >= 11 is 0. The van der Waals surface area contributed by atoms with Crippen molar-refractivity contribution >= 4 is 0 Å². The zero-order valence-electron chi connectivity index (χ0n) is 12.9. The van der Waals surface area contributed by atoms with Crippen molar-refractivity contribution in [3.63, 3.8) is 0 Å². The Morgan fingerprint density at radius 2 is 2.10 bits per heavy atom. The standard InChI is InChI=1S/C15H27N3O2/c1-4-10-16-12(3)11-13-17-14(18-20-13)15(19-5-2)8-6-7-9-15/h12,16H,4-11H2,1-3H3. The van der Waals surface area contributed by atoms with Crippen molar-refractivity contribution in [1.29, 1.82) is 0 Å². The molecule has 5 heteroatoms. The molecule has 114 valence electrons. The van der Waals surface area contributed by atoms with E-state index in [9.17, 15) is 0 Å². The highest BCUT2D eigenvalue weighted by Gasteiger charge is 2.40. The third kappa shape index (κ3) is 3.58. The Morgan fingerprint density at radius 1 is 1.35 bits per heavy atom. The minimum Gasteiger partial charge on any atom is -0.367 e. The van der Waals surface area contributed by atoms with Crippen LogP contribution in [0.25, 0.3) is 0 Å². The predicted molar refractivity (Wildman–Crippen MR) is 77.5 cm³/mol. The van der Waals surface area contributed by atoms with Crippen molar-refractivity contribution in [1.82, 2.24) is 15.5 Å². The van der Waals surface area contributed by atoms with Gasteiger partial charge < -0.3 is 14.6 Å². The topological polar surface area (TPSA) is 60.2 Å². The van der Waals surface area contributed by atoms with E-state index in [-0.39, 0.29) is 5.60 Å². The van der Waals surface area contributed by atoms with Gasteiger partial charge in [0.05, 0.1) is 0 Å². The van der Waals surface area contributed by atoms with Gasteiger partial charge in [0.25, 0.3) is 0 Å². The number of nitrogens with one attached hydrogen (secondary N) is 1. The van der Waals surface area contributed by atoms with Gasteiger partial charge in [0.15, 0.2) is 0 Å². The Morgan fingerprint density at radius 3 is 2.75 bits per heavy atom. The maximum absolute atomic E-state index is 5.96. The third-order valence-corrected chi connectivity index (χ3v) is 3.93. The molecule has 0 amide bonds. The first kappa shape index (κ1) is 15.4. The van der Waals surface area contributed by atoms with Crippen LogP contribution >= 0.6 is 0 Å². The molecule has 2 rings (SSSR count). The number of hydrogen-bond donors (Lipinski definition) is 1. The first-order valence-electron chi connectivity index (χ1n) is 7.90. The molecular weight excluding hydrogens is 254 g/mol. The van der Waals surface area contributed by atoms with E-state index in [0.29, 0.717) is 18.5 Å². The lowest BCUT2D eigenvalue weighted by Crippen LogP contribution is -2.29. The number of nitrogens with zero attached hydrogens (tertiary/aromatic N) is 2. The molecule has 0 aliphatic heterocycles. The van der Waals surface area contributed by atoms with Gasteiger partial charge in [-0.1, -0.05) is 12.1 Å². The Bertz CT molecular complexity index is 400. The van der Waals surface area contributed by atoms with Crippen LogP contribution in [-0.4, -0.2) is 29.3 Å². The molecule has 1 heterocycles. The lowest BCUT2D eigenvalue weighted by molar-refractivity contribution is -0.0469. The average molecular weight is 281 g/mol. The molecule has 1 unspecified atom stereocenters. The number of aromatic nitrogens is 2. The van der Waals surface area contributed by atoms with Crippen molar-refractivity contribution in [3.8, 4) is 0 Å². The van der Waals surface area contributed by atoms with Gasteiger partial charge in [-0.3, -0.25) is 0 Å². The molecule has 0 aromatic carbocycles. The van der Waals surface area contributed by atoms with Crippen LogP contribution in [0.4, 0.5) is 0 Å². The molecule has 1 fully saturated rings. The molecule has 0 radical (unpaired) electrons. The van der Waals surface area contributed by atoms with Crippen molar-refractivity contribution in [2.75, 3.05) is 13.2 Å². The van der Waals surface area contributed by atoms with E-state index >= 15 is 0 Å². The molecule has 0 bridgehead atoms. The fourth-order valence-electron chi connectivity index (χ4n) is 2.90. The molecular formula is C15H27N3O2. The maximum Gasteiger partial charge on any atom is 0.228 e. The monoisotopic (exact) mass is 281 g/mol. The molecule has 1 aliphatic rings. The zero-order chi connectivity index (χ0) is 14.4. The minimum atomic E-state index is -0.295. The highest BCUT2D eigenvalue weighted by atomic mass is 16.5. The van der Waals surface area contributed by atoms with Gasteiger partial charge in [-0.2, -0.15) is 4.98 Å². The van der Waals surface area contributed by atoms with E-state index in [2.05, 4.69) is 29.3 Å². The van der Waals surface area contributed by atoms with Crippen LogP contribution in [0.5, 0.6) is 0 Å². The Labute approximate surface area is 121 Å². The molecule has 1 N–H and O–H groups in total. The predicted octanol–water partition coefficient (Wildman–Crippen LogP) is 2.81. The lowest BCUT2D eigenvalue weighted by Gasteiger charge is -2.24. The second-order valence-electron chi connectivity index (χ2n) is 5.71. The first-order chi connectivity index (χ1) is 9.70. The molecule has 1 aliphatic carbocycles. The van der Waals surface area contributed by atoms with Crippen LogP contribution in [0.2, 0.25) is 0 Å². The van der Waals surface area contributed by atoms with E-state index < -0.39 is 0 Å². The fourth-order valence-corrected chi connectivity index (χ4v) is 2.90. The van der Waals surface area contributed by atoms with Crippen LogP contribution in [0.3, 0.4) is 0 Å². The van der Waals surface area contributed by atoms with Crippen LogP contribution in [0.15, 0.2) is 4.52 Å². The average Bonchev–Trinajstić information content (AvgIpc) is 3.07. The van der Waals surface area contributed by atoms with Crippen LogP contribution in [0, 0.1) is 0 Å². The van der Waals surface area contributed by atoms with Gasteiger partial charge in [-0.25, -0.2) is 0 Å². The highest BCUT2D eigenvalue weighted by molar-refractivity contribution is 5.05. The van der Waals surface area contributed by atoms with Gasteiger partial charge in [-0.15, -0.1) is 0 Å². The summed E-state index contributed by atoms with van der Waals surface area (Å²) in [4.78, 5) is 4.59. The minimum absolute atomic E-state index is 0.295. The van der Waals surface area contributed by atoms with Crippen LogP contribution < -0.4 is 5.32 Å². The molecule has 20 heavy (non-hydrogen) atoms. The van der Waals surface area contributed by atoms with E-state index in [1.165, 1.54) is 12.8 Å². The van der Waals surface area contributed by atoms with E-state index in [0.717, 1.165) is 38.1 Å². The Kier molecular flexibility index (Phi) is 5.54. The lowest BCUT2D eigenvalue weighted by atomic mass is 10.0. The second kappa shape index (κ2) is 7.18. The fraction of sp³-hybridized carbons (Fsp3) is 0.867. The van der Waals surface area contributed by atoms with Gasteiger partial charge in [0.2, 0.25) is 11.7 Å². The second-order valence-corrected chi connectivity index (χ2v) is 5.71. The van der Waals surface area contributed by atoms with Crippen molar-refractivity contribution in [2.45, 2.75) is 70.9 Å². The summed E-state index contributed by atoms with van der Waals surface area (Å²) in [5, 5.41) is 7.62. The van der Waals surface area contributed by atoms with Gasteiger partial charge in [0.1, 0.15) is 5.60 Å². The summed E-state index contributed by atoms with van der Waals surface area (Å²) in [5.74, 6) is 1.46. The zero-order valence-corrected chi connectivity index (χ0v) is 12.9. The smallest absolute Gasteiger partial charge is 0.228 e. The molecule has 5 nitrogen and oxygen atoms in total. The van der Waals surface area contributed by atoms with Gasteiger partial charge >= 0.3 is 0 Å². The Balaban J connectivity index is 2.00. The summed E-state index contributed by atoms with van der Waals surface area (Å²) in [6.45, 7) is 8.05. The van der Waals surface area contributed by atoms with Gasteiger partial charge in [-0.05, 0) is 52.5 Å². The highest BCUT2D eigenvalue weighted by Crippen LogP contribution is 2.40. The molecule has 0 saturated heterocycles. The van der Waals surface area contributed by atoms with E-state index in [1.54, 1.807) is 0 Å². The van der Waals surface area contributed by atoms with E-state index in [1.807, 2.05) is 6.92 Å². The van der Waals surface area contributed by atoms with Crippen molar-refractivity contribution in [3.05, 3.63) is 11.7 Å². The normalized spacial score (nSPS) is 19.4.